The predicted molar refractivity (Wildman–Crippen MR) is 101 cm³/mol. The molecular weight excluding hydrogens is 489 g/mol. The second-order valence-corrected chi connectivity index (χ2v) is 8.15. The molecule has 0 amide bonds. The molecule has 3 rings (SSSR count). The van der Waals surface area contributed by atoms with Crippen LogP contribution in [0.2, 0.25) is 0 Å². The molecule has 7 heteroatoms. The third-order valence-electron chi connectivity index (χ3n) is 3.67. The summed E-state index contributed by atoms with van der Waals surface area (Å²) in [7, 11) is 1.67. The Kier molecular flexibility index (Phi) is 11.0. The van der Waals surface area contributed by atoms with Crippen LogP contribution in [-0.2, 0) is 16.1 Å². The number of methoxy groups -OCH3 is 1. The van der Waals surface area contributed by atoms with Crippen LogP contribution < -0.4 is 78.4 Å². The van der Waals surface area contributed by atoms with Gasteiger partial charge in [0.2, 0.25) is 0 Å². The van der Waals surface area contributed by atoms with Crippen LogP contribution in [-0.4, -0.2) is 25.8 Å². The van der Waals surface area contributed by atoms with Crippen molar-refractivity contribution >= 4 is 23.1 Å². The predicted octanol–water partition coefficient (Wildman–Crippen LogP) is 1.99. The minimum absolute atomic E-state index is 0. The first-order chi connectivity index (χ1) is 12.2. The number of thiophene rings is 1. The molecule has 0 N–H and O–H groups in total. The molecule has 4 nitrogen and oxygen atoms in total. The summed E-state index contributed by atoms with van der Waals surface area (Å²) in [5.74, 6) is 2.09. The van der Waals surface area contributed by atoms with E-state index in [1.807, 2.05) is 30.9 Å². The van der Waals surface area contributed by atoms with Crippen molar-refractivity contribution < 1.29 is 87.8 Å². The Morgan fingerprint density at radius 1 is 1.23 bits per heavy atom. The van der Waals surface area contributed by atoms with Crippen LogP contribution in [0.15, 0.2) is 40.6 Å². The van der Waals surface area contributed by atoms with Crippen molar-refractivity contribution in [3.8, 4) is 11.5 Å². The Balaban J connectivity index is 0.00000243. The van der Waals surface area contributed by atoms with Crippen LogP contribution >= 0.6 is 23.1 Å². The molecule has 26 heavy (non-hydrogen) atoms. The van der Waals surface area contributed by atoms with E-state index in [9.17, 15) is 0 Å². The van der Waals surface area contributed by atoms with Gasteiger partial charge >= 0.3 is 68.9 Å². The smallest absolute Gasteiger partial charge is 0.542 e. The van der Waals surface area contributed by atoms with Gasteiger partial charge in [-0.05, 0) is 30.0 Å². The van der Waals surface area contributed by atoms with Crippen LogP contribution in [0.4, 0.5) is 0 Å². The van der Waals surface area contributed by atoms with Crippen LogP contribution in [0, 0.1) is 12.5 Å². The third-order valence-corrected chi connectivity index (χ3v) is 5.59. The van der Waals surface area contributed by atoms with E-state index >= 15 is 0 Å². The van der Waals surface area contributed by atoms with E-state index in [0.29, 0.717) is 25.7 Å². The maximum Gasteiger partial charge on any atom is 1.00 e. The molecule has 0 radical (unpaired) electrons. The van der Waals surface area contributed by atoms with Crippen molar-refractivity contribution in [1.82, 2.24) is 0 Å². The fraction of sp³-hybridized carbons (Fsp3) is 0.421. The van der Waals surface area contributed by atoms with Crippen LogP contribution in [0.3, 0.4) is 0 Å². The van der Waals surface area contributed by atoms with Gasteiger partial charge in [0.15, 0.2) is 0 Å². The zero-order chi connectivity index (χ0) is 17.5. The zero-order valence-corrected chi connectivity index (χ0v) is 23.4. The van der Waals surface area contributed by atoms with E-state index in [-0.39, 0.29) is 74.3 Å². The molecule has 0 bridgehead atoms. The molecule has 1 aromatic carbocycles. The minimum atomic E-state index is 0. The van der Waals surface area contributed by atoms with Gasteiger partial charge in [-0.25, -0.2) is 6.61 Å². The third kappa shape index (κ3) is 7.69. The Morgan fingerprint density at radius 3 is 2.69 bits per heavy atom. The van der Waals surface area contributed by atoms with Gasteiger partial charge in [0.05, 0.1) is 12.0 Å². The molecule has 2 heterocycles. The SMILES string of the molecule is COCCOc1cc(OCc2cccs2)cc(SC2C[C@@H](C)[CH-]O2)c1.[Cs+]. The van der Waals surface area contributed by atoms with Gasteiger partial charge in [-0.3, -0.25) is 0 Å². The standard InChI is InChI=1S/C19H23O4S2.Cs/c1-14-8-19(23-12-14)25-18-10-15(21-6-5-20-2)9-16(11-18)22-13-17-4-3-7-24-17;/h3-4,7,9-12,14,19H,5-6,8,13H2,1-2H3;/q-1;+1/t14-,19?;/m1./s1. The molecule has 1 aliphatic rings. The van der Waals surface area contributed by atoms with Gasteiger partial charge in [-0.1, -0.05) is 24.8 Å². The molecule has 1 aromatic heterocycles. The Hall–Kier alpha value is 0.842. The molecule has 1 aliphatic heterocycles. The molecule has 0 spiro atoms. The van der Waals surface area contributed by atoms with Crippen LogP contribution in [0.1, 0.15) is 18.2 Å². The Morgan fingerprint density at radius 2 is 2.04 bits per heavy atom. The summed E-state index contributed by atoms with van der Waals surface area (Å²) >= 11 is 3.40. The molecule has 1 fully saturated rings. The van der Waals surface area contributed by atoms with Crippen molar-refractivity contribution in [1.29, 1.82) is 0 Å². The fourth-order valence-electron chi connectivity index (χ4n) is 2.44. The average Bonchev–Trinajstić information content (AvgIpc) is 3.25. The van der Waals surface area contributed by atoms with Crippen molar-refractivity contribution in [2.45, 2.75) is 30.3 Å². The van der Waals surface area contributed by atoms with Crippen molar-refractivity contribution in [2.75, 3.05) is 20.3 Å². The molecule has 1 saturated heterocycles. The maximum atomic E-state index is 5.96. The molecule has 136 valence electrons. The quantitative estimate of drug-likeness (QED) is 0.380. The first-order valence-corrected chi connectivity index (χ1v) is 10.1. The van der Waals surface area contributed by atoms with Crippen LogP contribution in [0.5, 0.6) is 11.5 Å². The number of hydrogen-bond acceptors (Lipinski definition) is 6. The van der Waals surface area contributed by atoms with Gasteiger partial charge in [-0.15, -0.1) is 17.3 Å². The summed E-state index contributed by atoms with van der Waals surface area (Å²) in [4.78, 5) is 2.28. The second-order valence-electron chi connectivity index (χ2n) is 5.88. The van der Waals surface area contributed by atoms with Gasteiger partial charge < -0.3 is 18.9 Å². The van der Waals surface area contributed by atoms with E-state index in [2.05, 4.69) is 18.4 Å². The normalized spacial score (nSPS) is 19.2. The average molecular weight is 512 g/mol. The minimum Gasteiger partial charge on any atom is -0.542 e. The summed E-state index contributed by atoms with van der Waals surface area (Å²) in [6, 6.07) is 10.1. The van der Waals surface area contributed by atoms with E-state index in [1.54, 1.807) is 30.2 Å². The van der Waals surface area contributed by atoms with Crippen LogP contribution in [0.25, 0.3) is 0 Å². The summed E-state index contributed by atoms with van der Waals surface area (Å²) < 4.78 is 22.5. The Labute approximate surface area is 222 Å². The molecule has 2 aromatic rings. The molecule has 0 saturated carbocycles. The monoisotopic (exact) mass is 512 g/mol. The van der Waals surface area contributed by atoms with Gasteiger partial charge in [-0.2, -0.15) is 0 Å². The van der Waals surface area contributed by atoms with E-state index in [1.165, 1.54) is 4.88 Å². The Bertz CT molecular complexity index is 651. The summed E-state index contributed by atoms with van der Waals surface area (Å²) in [6.45, 7) is 5.72. The maximum absolute atomic E-state index is 5.96. The molecule has 0 aliphatic carbocycles. The largest absolute Gasteiger partial charge is 1.00 e. The van der Waals surface area contributed by atoms with Crippen molar-refractivity contribution in [3.63, 3.8) is 0 Å². The number of benzene rings is 1. The number of ether oxygens (including phenoxy) is 4. The van der Waals surface area contributed by atoms with Gasteiger partial charge in [0.25, 0.3) is 0 Å². The van der Waals surface area contributed by atoms with E-state index in [4.69, 9.17) is 18.9 Å². The van der Waals surface area contributed by atoms with Crippen molar-refractivity contribution in [2.24, 2.45) is 5.92 Å². The summed E-state index contributed by atoms with van der Waals surface area (Å²) in [5, 5.41) is 2.05. The molecular formula is C19H23CsO4S2. The van der Waals surface area contributed by atoms with E-state index in [0.717, 1.165) is 22.8 Å². The van der Waals surface area contributed by atoms with Gasteiger partial charge in [0.1, 0.15) is 24.7 Å². The van der Waals surface area contributed by atoms with E-state index < -0.39 is 0 Å². The fourth-order valence-corrected chi connectivity index (χ4v) is 4.24. The summed E-state index contributed by atoms with van der Waals surface area (Å²) in [6.07, 6.45) is 1.02. The number of hydrogen-bond donors (Lipinski definition) is 0. The second kappa shape index (κ2) is 12.4. The summed E-state index contributed by atoms with van der Waals surface area (Å²) in [5.41, 5.74) is 0.148. The van der Waals surface area contributed by atoms with Gasteiger partial charge in [0, 0.05) is 22.9 Å². The molecule has 2 atom stereocenters. The first-order valence-electron chi connectivity index (χ1n) is 8.30. The number of thioether (sulfide) groups is 1. The zero-order valence-electron chi connectivity index (χ0n) is 15.5. The molecule has 1 unspecified atom stereocenters. The topological polar surface area (TPSA) is 36.9 Å². The van der Waals surface area contributed by atoms with Crippen molar-refractivity contribution in [3.05, 3.63) is 47.2 Å². The number of rotatable bonds is 9. The first kappa shape index (κ1) is 23.1.